The van der Waals surface area contributed by atoms with E-state index in [0.29, 0.717) is 91.9 Å². The number of ether oxygens (including phenoxy) is 6. The first kappa shape index (κ1) is 49.5. The quantitative estimate of drug-likeness (QED) is 0.0721. The summed E-state index contributed by atoms with van der Waals surface area (Å²) in [6.07, 6.45) is 18.9. The molecule has 0 bridgehead atoms. The number of nitrogens with one attached hydrogen (secondary N) is 2. The van der Waals surface area contributed by atoms with Gasteiger partial charge in [0.05, 0.1) is 85.2 Å². The molecule has 1 fully saturated rings. The van der Waals surface area contributed by atoms with Crippen molar-refractivity contribution in [2.24, 2.45) is 5.92 Å². The van der Waals surface area contributed by atoms with Crippen LogP contribution in [0.3, 0.4) is 0 Å². The van der Waals surface area contributed by atoms with Gasteiger partial charge < -0.3 is 49.0 Å². The second kappa shape index (κ2) is 37.4. The standard InChI is InChI=1S/C40H72N2O12/c43-21-17-22-49-24-26-51-28-30-53-32-33-54-31-29-52-27-25-50-23-20-41-39(46)35-34-36(40(47)48)42-38(45)19-16-14-12-10-8-6-4-2-1-3-5-7-9-11-13-15-18-37(35)44/h21,35-36H,1-20,22-34H2,(H,41,46)(H,42,45)(H,47,48)/t35?,36-/m0/s1. The number of carbonyl (C=O) groups is 5. The van der Waals surface area contributed by atoms with Crippen molar-refractivity contribution in [1.82, 2.24) is 10.6 Å². The van der Waals surface area contributed by atoms with Crippen molar-refractivity contribution >= 4 is 29.9 Å². The summed E-state index contributed by atoms with van der Waals surface area (Å²) in [7, 11) is 0. The molecule has 14 nitrogen and oxygen atoms in total. The molecule has 2 amide bonds. The fourth-order valence-corrected chi connectivity index (χ4v) is 6.04. The summed E-state index contributed by atoms with van der Waals surface area (Å²) in [5.74, 6) is -3.66. The molecule has 0 aromatic heterocycles. The van der Waals surface area contributed by atoms with Gasteiger partial charge in [0.1, 0.15) is 18.1 Å². The van der Waals surface area contributed by atoms with Crippen molar-refractivity contribution in [3.05, 3.63) is 0 Å². The monoisotopic (exact) mass is 773 g/mol. The lowest BCUT2D eigenvalue weighted by Gasteiger charge is -2.21. The maximum Gasteiger partial charge on any atom is 0.326 e. The molecule has 0 spiro atoms. The van der Waals surface area contributed by atoms with Crippen molar-refractivity contribution in [3.8, 4) is 0 Å². The largest absolute Gasteiger partial charge is 0.480 e. The number of aldehydes is 1. The first-order valence-electron chi connectivity index (χ1n) is 20.7. The van der Waals surface area contributed by atoms with Gasteiger partial charge >= 0.3 is 5.97 Å². The van der Waals surface area contributed by atoms with Crippen molar-refractivity contribution in [2.45, 2.75) is 134 Å². The van der Waals surface area contributed by atoms with Crippen LogP contribution in [0.15, 0.2) is 0 Å². The smallest absolute Gasteiger partial charge is 0.326 e. The number of carbonyl (C=O) groups excluding carboxylic acids is 4. The number of carboxylic acids is 1. The molecule has 0 saturated carbocycles. The van der Waals surface area contributed by atoms with E-state index in [0.717, 1.165) is 44.8 Å². The SMILES string of the molecule is O=CCCOCCOCCOCCOCCOCCOCCNC(=O)C1C[C@@H](C(=O)O)NC(=O)CCCCCCCCCCCCCCCCCCC1=O. The Morgan fingerprint density at radius 1 is 0.574 bits per heavy atom. The maximum absolute atomic E-state index is 13.3. The minimum Gasteiger partial charge on any atom is -0.480 e. The molecule has 54 heavy (non-hydrogen) atoms. The second-order valence-corrected chi connectivity index (χ2v) is 13.8. The van der Waals surface area contributed by atoms with Crippen LogP contribution in [0.5, 0.6) is 0 Å². The van der Waals surface area contributed by atoms with Gasteiger partial charge in [-0.05, 0) is 19.3 Å². The van der Waals surface area contributed by atoms with Crippen molar-refractivity contribution in [2.75, 3.05) is 85.8 Å². The van der Waals surface area contributed by atoms with E-state index in [9.17, 15) is 29.1 Å². The molecule has 1 saturated heterocycles. The highest BCUT2D eigenvalue weighted by molar-refractivity contribution is 6.02. The highest BCUT2D eigenvalue weighted by Crippen LogP contribution is 2.18. The van der Waals surface area contributed by atoms with Crippen LogP contribution in [0.4, 0.5) is 0 Å². The fraction of sp³-hybridized carbons (Fsp3) is 0.875. The predicted octanol–water partition coefficient (Wildman–Crippen LogP) is 4.97. The molecule has 3 N–H and O–H groups in total. The van der Waals surface area contributed by atoms with Crippen LogP contribution in [-0.4, -0.2) is 127 Å². The normalized spacial score (nSPS) is 19.7. The number of carboxylic acid groups (broad SMARTS) is 1. The van der Waals surface area contributed by atoms with Crippen LogP contribution >= 0.6 is 0 Å². The van der Waals surface area contributed by atoms with Crippen LogP contribution in [0, 0.1) is 5.92 Å². The number of amides is 2. The number of rotatable bonds is 23. The zero-order valence-electron chi connectivity index (χ0n) is 33.0. The zero-order valence-corrected chi connectivity index (χ0v) is 33.0. The Hall–Kier alpha value is -2.49. The first-order valence-corrected chi connectivity index (χ1v) is 20.7. The second-order valence-electron chi connectivity index (χ2n) is 13.8. The lowest BCUT2D eigenvalue weighted by molar-refractivity contribution is -0.143. The summed E-state index contributed by atoms with van der Waals surface area (Å²) < 4.78 is 32.5. The van der Waals surface area contributed by atoms with Crippen LogP contribution in [-0.2, 0) is 52.4 Å². The summed E-state index contributed by atoms with van der Waals surface area (Å²) in [6.45, 7) is 4.84. The Morgan fingerprint density at radius 3 is 1.35 bits per heavy atom. The van der Waals surface area contributed by atoms with Crippen LogP contribution in [0.25, 0.3) is 0 Å². The van der Waals surface area contributed by atoms with Crippen molar-refractivity contribution in [3.63, 3.8) is 0 Å². The third-order valence-corrected chi connectivity index (χ3v) is 9.17. The molecule has 2 atom stereocenters. The highest BCUT2D eigenvalue weighted by Gasteiger charge is 2.32. The summed E-state index contributed by atoms with van der Waals surface area (Å²) in [5.41, 5.74) is 0. The number of hydrogen-bond donors (Lipinski definition) is 3. The van der Waals surface area contributed by atoms with Crippen molar-refractivity contribution in [1.29, 1.82) is 0 Å². The van der Waals surface area contributed by atoms with Gasteiger partial charge in [0, 0.05) is 25.8 Å². The van der Waals surface area contributed by atoms with E-state index in [1.165, 1.54) is 51.4 Å². The topological polar surface area (TPSA) is 185 Å². The molecule has 1 unspecified atom stereocenters. The molecule has 1 aliphatic heterocycles. The van der Waals surface area contributed by atoms with Crippen molar-refractivity contribution < 1.29 is 57.5 Å². The molecule has 0 aliphatic carbocycles. The number of Topliss-reactive ketones (excluding diaryl/α,β-unsaturated/α-hetero) is 1. The number of ketones is 1. The van der Waals surface area contributed by atoms with Gasteiger partial charge in [-0.3, -0.25) is 14.4 Å². The Labute approximate surface area is 323 Å². The predicted molar refractivity (Wildman–Crippen MR) is 204 cm³/mol. The molecule has 0 aromatic rings. The van der Waals surface area contributed by atoms with E-state index in [2.05, 4.69) is 10.6 Å². The lowest BCUT2D eigenvalue weighted by atomic mass is 9.91. The molecule has 0 radical (unpaired) electrons. The molecule has 1 rings (SSSR count). The minimum absolute atomic E-state index is 0.149. The number of hydrogen-bond acceptors (Lipinski definition) is 11. The molecular formula is C40H72N2O12. The van der Waals surface area contributed by atoms with Gasteiger partial charge in [0.15, 0.2) is 0 Å². The van der Waals surface area contributed by atoms with E-state index >= 15 is 0 Å². The van der Waals surface area contributed by atoms with Gasteiger partial charge in [-0.15, -0.1) is 0 Å². The third-order valence-electron chi connectivity index (χ3n) is 9.17. The average Bonchev–Trinajstić information content (AvgIpc) is 3.15. The van der Waals surface area contributed by atoms with Crippen LogP contribution in [0.1, 0.15) is 128 Å². The number of aliphatic carboxylic acids is 1. The summed E-state index contributed by atoms with van der Waals surface area (Å²) in [6, 6.07) is -1.33. The Kier molecular flexibility index (Phi) is 34.3. The van der Waals surface area contributed by atoms with Crippen LogP contribution < -0.4 is 10.6 Å². The van der Waals surface area contributed by atoms with E-state index in [1.807, 2.05) is 0 Å². The van der Waals surface area contributed by atoms with Gasteiger partial charge in [-0.1, -0.05) is 89.9 Å². The van der Waals surface area contributed by atoms with Crippen LogP contribution in [0.2, 0.25) is 0 Å². The Balaban J connectivity index is 2.34. The van der Waals surface area contributed by atoms with E-state index < -0.39 is 23.8 Å². The fourth-order valence-electron chi connectivity index (χ4n) is 6.04. The van der Waals surface area contributed by atoms with Gasteiger partial charge in [0.2, 0.25) is 11.8 Å². The first-order chi connectivity index (χ1) is 26.5. The van der Waals surface area contributed by atoms with Gasteiger partial charge in [-0.25, -0.2) is 4.79 Å². The zero-order chi connectivity index (χ0) is 39.2. The Morgan fingerprint density at radius 2 is 0.944 bits per heavy atom. The van der Waals surface area contributed by atoms with E-state index in [-0.39, 0.29) is 44.1 Å². The molecule has 0 aromatic carbocycles. The lowest BCUT2D eigenvalue weighted by Crippen LogP contribution is -2.46. The average molecular weight is 773 g/mol. The highest BCUT2D eigenvalue weighted by atomic mass is 16.6. The minimum atomic E-state index is -1.33. The third kappa shape index (κ3) is 30.8. The molecule has 1 heterocycles. The molecular weight excluding hydrogens is 700 g/mol. The van der Waals surface area contributed by atoms with Gasteiger partial charge in [-0.2, -0.15) is 0 Å². The summed E-state index contributed by atoms with van der Waals surface area (Å²) >= 11 is 0. The molecule has 14 heteroatoms. The van der Waals surface area contributed by atoms with E-state index in [1.54, 1.807) is 0 Å². The van der Waals surface area contributed by atoms with Gasteiger partial charge in [0.25, 0.3) is 0 Å². The molecule has 1 aliphatic rings. The summed E-state index contributed by atoms with van der Waals surface area (Å²) in [4.78, 5) is 61.4. The Bertz CT molecular complexity index is 954. The van der Waals surface area contributed by atoms with E-state index in [4.69, 9.17) is 28.4 Å². The summed E-state index contributed by atoms with van der Waals surface area (Å²) in [5, 5.41) is 15.2. The maximum atomic E-state index is 13.3. The molecule has 314 valence electrons.